The van der Waals surface area contributed by atoms with E-state index in [2.05, 4.69) is 10.5 Å². The van der Waals surface area contributed by atoms with Gasteiger partial charge in [0.1, 0.15) is 17.2 Å². The van der Waals surface area contributed by atoms with Crippen LogP contribution in [-0.2, 0) is 14.8 Å². The zero-order chi connectivity index (χ0) is 21.7. The van der Waals surface area contributed by atoms with Gasteiger partial charge in [-0.25, -0.2) is 8.42 Å². The van der Waals surface area contributed by atoms with Crippen molar-refractivity contribution in [3.05, 3.63) is 35.7 Å². The van der Waals surface area contributed by atoms with Gasteiger partial charge < -0.3 is 19.3 Å². The van der Waals surface area contributed by atoms with Gasteiger partial charge in [-0.05, 0) is 38.8 Å². The number of sulfonamides is 1. The lowest BCUT2D eigenvalue weighted by molar-refractivity contribution is -0.126. The van der Waals surface area contributed by atoms with Crippen molar-refractivity contribution < 1.29 is 27.2 Å². The van der Waals surface area contributed by atoms with Crippen molar-refractivity contribution in [2.24, 2.45) is 5.92 Å². The fraction of sp³-hybridized carbons (Fsp3) is 0.500. The summed E-state index contributed by atoms with van der Waals surface area (Å²) in [5, 5.41) is 6.57. The molecule has 1 aromatic heterocycles. The van der Waals surface area contributed by atoms with Crippen molar-refractivity contribution in [3.63, 3.8) is 0 Å². The highest BCUT2D eigenvalue weighted by Crippen LogP contribution is 2.28. The minimum absolute atomic E-state index is 0.0915. The summed E-state index contributed by atoms with van der Waals surface area (Å²) < 4.78 is 43.2. The highest BCUT2D eigenvalue weighted by molar-refractivity contribution is 7.89. The molecule has 1 N–H and O–H groups in total. The highest BCUT2D eigenvalue weighted by atomic mass is 32.2. The molecule has 30 heavy (non-hydrogen) atoms. The highest BCUT2D eigenvalue weighted by Gasteiger charge is 2.36. The Kier molecular flexibility index (Phi) is 6.99. The molecular weight excluding hydrogens is 410 g/mol. The molecule has 0 radical (unpaired) electrons. The van der Waals surface area contributed by atoms with E-state index in [9.17, 15) is 13.2 Å². The number of carbonyl (C=O) groups is 1. The summed E-state index contributed by atoms with van der Waals surface area (Å²) in [5.41, 5.74) is 0.326. The van der Waals surface area contributed by atoms with Crippen LogP contribution in [0.4, 0.5) is 0 Å². The molecule has 10 heteroatoms. The lowest BCUT2D eigenvalue weighted by Gasteiger charge is -2.31. The molecule has 1 aliphatic heterocycles. The van der Waals surface area contributed by atoms with Gasteiger partial charge in [-0.1, -0.05) is 17.3 Å². The van der Waals surface area contributed by atoms with E-state index in [0.717, 1.165) is 0 Å². The van der Waals surface area contributed by atoms with Crippen molar-refractivity contribution in [1.29, 1.82) is 0 Å². The molecule has 0 aliphatic carbocycles. The quantitative estimate of drug-likeness (QED) is 0.628. The first-order chi connectivity index (χ1) is 14.3. The standard InChI is InChI=1S/C20H27N3O6S/c1-14-19(15(2)29-22-14)30(25,26)23-11-6-7-16(13-23)20(24)21-10-12-28-18-9-5-4-8-17(18)27-3/h4-5,8-9,16H,6-7,10-13H2,1-3H3,(H,21,24). The Morgan fingerprint density at radius 3 is 2.70 bits per heavy atom. The lowest BCUT2D eigenvalue weighted by Crippen LogP contribution is -2.46. The number of para-hydroxylation sites is 2. The second kappa shape index (κ2) is 9.48. The van der Waals surface area contributed by atoms with E-state index >= 15 is 0 Å². The molecule has 164 valence electrons. The number of benzene rings is 1. The summed E-state index contributed by atoms with van der Waals surface area (Å²) in [6.07, 6.45) is 1.24. The van der Waals surface area contributed by atoms with Crippen molar-refractivity contribution in [2.45, 2.75) is 31.6 Å². The first kappa shape index (κ1) is 22.1. The molecule has 1 aromatic carbocycles. The van der Waals surface area contributed by atoms with Crippen molar-refractivity contribution in [3.8, 4) is 11.5 Å². The van der Waals surface area contributed by atoms with Gasteiger partial charge in [-0.3, -0.25) is 4.79 Å². The van der Waals surface area contributed by atoms with Crippen LogP contribution in [0.3, 0.4) is 0 Å². The smallest absolute Gasteiger partial charge is 0.248 e. The van der Waals surface area contributed by atoms with Gasteiger partial charge in [0, 0.05) is 13.1 Å². The number of nitrogens with zero attached hydrogens (tertiary/aromatic N) is 2. The Balaban J connectivity index is 1.54. The van der Waals surface area contributed by atoms with Crippen molar-refractivity contribution >= 4 is 15.9 Å². The number of methoxy groups -OCH3 is 1. The molecule has 0 bridgehead atoms. The Hall–Kier alpha value is -2.59. The SMILES string of the molecule is COc1ccccc1OCCNC(=O)C1CCCN(S(=O)(=O)c2c(C)noc2C)C1. The van der Waals surface area contributed by atoms with E-state index < -0.39 is 15.9 Å². The Labute approximate surface area is 176 Å². The van der Waals surface area contributed by atoms with Gasteiger partial charge in [0.15, 0.2) is 17.3 Å². The topological polar surface area (TPSA) is 111 Å². The van der Waals surface area contributed by atoms with Gasteiger partial charge in [0.2, 0.25) is 15.9 Å². The maximum atomic E-state index is 13.0. The Morgan fingerprint density at radius 1 is 1.30 bits per heavy atom. The van der Waals surface area contributed by atoms with Crippen LogP contribution in [0.2, 0.25) is 0 Å². The summed E-state index contributed by atoms with van der Waals surface area (Å²) in [7, 11) is -2.19. The van der Waals surface area contributed by atoms with Crippen molar-refractivity contribution in [2.75, 3.05) is 33.4 Å². The first-order valence-electron chi connectivity index (χ1n) is 9.81. The summed E-state index contributed by atoms with van der Waals surface area (Å²) in [5.74, 6) is 0.880. The second-order valence-electron chi connectivity index (χ2n) is 7.15. The van der Waals surface area contributed by atoms with E-state index in [1.165, 1.54) is 4.31 Å². The monoisotopic (exact) mass is 437 g/mol. The average molecular weight is 438 g/mol. The van der Waals surface area contributed by atoms with E-state index in [4.69, 9.17) is 14.0 Å². The number of amides is 1. The second-order valence-corrected chi connectivity index (χ2v) is 9.02. The maximum Gasteiger partial charge on any atom is 0.248 e. The minimum atomic E-state index is -3.76. The van der Waals surface area contributed by atoms with E-state index in [-0.39, 0.29) is 29.7 Å². The molecule has 2 heterocycles. The number of hydrogen-bond donors (Lipinski definition) is 1. The Bertz CT molecular complexity index is 969. The van der Waals surface area contributed by atoms with Gasteiger partial charge in [0.25, 0.3) is 0 Å². The molecule has 0 saturated carbocycles. The average Bonchev–Trinajstić information content (AvgIpc) is 3.10. The van der Waals surface area contributed by atoms with Gasteiger partial charge in [-0.15, -0.1) is 0 Å². The van der Waals surface area contributed by atoms with Gasteiger partial charge in [-0.2, -0.15) is 4.31 Å². The molecule has 1 amide bonds. The molecule has 2 aromatic rings. The van der Waals surface area contributed by atoms with E-state index in [1.807, 2.05) is 12.1 Å². The Morgan fingerprint density at radius 2 is 2.03 bits per heavy atom. The maximum absolute atomic E-state index is 13.0. The number of rotatable bonds is 8. The van der Waals surface area contributed by atoms with Crippen LogP contribution in [0.15, 0.2) is 33.7 Å². The number of piperidine rings is 1. The predicted molar refractivity (Wildman–Crippen MR) is 109 cm³/mol. The molecule has 9 nitrogen and oxygen atoms in total. The summed E-state index contributed by atoms with van der Waals surface area (Å²) in [4.78, 5) is 12.7. The van der Waals surface area contributed by atoms with Gasteiger partial charge >= 0.3 is 0 Å². The van der Waals surface area contributed by atoms with Crippen LogP contribution in [0, 0.1) is 19.8 Å². The number of ether oxygens (including phenoxy) is 2. The largest absolute Gasteiger partial charge is 0.493 e. The van der Waals surface area contributed by atoms with Crippen LogP contribution in [0.1, 0.15) is 24.3 Å². The van der Waals surface area contributed by atoms with E-state index in [1.54, 1.807) is 33.1 Å². The number of aryl methyl sites for hydroxylation is 2. The third-order valence-corrected chi connectivity index (χ3v) is 7.16. The molecule has 0 spiro atoms. The zero-order valence-corrected chi connectivity index (χ0v) is 18.2. The number of aromatic nitrogens is 1. The summed E-state index contributed by atoms with van der Waals surface area (Å²) in [6.45, 7) is 4.25. The first-order valence-corrected chi connectivity index (χ1v) is 11.2. The third kappa shape index (κ3) is 4.76. The molecule has 1 atom stereocenters. The van der Waals surface area contributed by atoms with Crippen molar-refractivity contribution in [1.82, 2.24) is 14.8 Å². The van der Waals surface area contributed by atoms with Crippen LogP contribution in [-0.4, -0.2) is 57.1 Å². The minimum Gasteiger partial charge on any atom is -0.493 e. The molecule has 1 unspecified atom stereocenters. The zero-order valence-electron chi connectivity index (χ0n) is 17.4. The molecule has 1 fully saturated rings. The van der Waals surface area contributed by atoms with Crippen LogP contribution in [0.25, 0.3) is 0 Å². The van der Waals surface area contributed by atoms with Crippen LogP contribution >= 0.6 is 0 Å². The van der Waals surface area contributed by atoms with Gasteiger partial charge in [0.05, 0.1) is 19.6 Å². The number of hydrogen-bond acceptors (Lipinski definition) is 7. The lowest BCUT2D eigenvalue weighted by atomic mass is 9.99. The molecule has 3 rings (SSSR count). The molecule has 1 aliphatic rings. The molecule has 1 saturated heterocycles. The summed E-state index contributed by atoms with van der Waals surface area (Å²) >= 11 is 0. The number of carbonyl (C=O) groups excluding carboxylic acids is 1. The fourth-order valence-electron chi connectivity index (χ4n) is 3.56. The summed E-state index contributed by atoms with van der Waals surface area (Å²) in [6, 6.07) is 7.27. The third-order valence-electron chi connectivity index (χ3n) is 5.05. The van der Waals surface area contributed by atoms with Crippen LogP contribution in [0.5, 0.6) is 11.5 Å². The molecular formula is C20H27N3O6S. The predicted octanol–water partition coefficient (Wildman–Crippen LogP) is 1.90. The fourth-order valence-corrected chi connectivity index (χ4v) is 5.38. The normalized spacial score (nSPS) is 17.5. The number of nitrogens with one attached hydrogen (secondary N) is 1. The van der Waals surface area contributed by atoms with Crippen LogP contribution < -0.4 is 14.8 Å². The van der Waals surface area contributed by atoms with E-state index in [0.29, 0.717) is 43.1 Å².